The average Bonchev–Trinajstić information content (AvgIpc) is 2.47. The van der Waals surface area contributed by atoms with Crippen LogP contribution in [0.4, 0.5) is 4.39 Å². The molecule has 0 radical (unpaired) electrons. The molecule has 1 aromatic rings. The Bertz CT molecular complexity index is 511. The van der Waals surface area contributed by atoms with E-state index in [1.807, 2.05) is 0 Å². The maximum absolute atomic E-state index is 13.1. The van der Waals surface area contributed by atoms with E-state index in [1.54, 1.807) is 19.1 Å². The van der Waals surface area contributed by atoms with Gasteiger partial charge in [0.05, 0.1) is 12.9 Å². The second-order valence-electron chi connectivity index (χ2n) is 4.51. The molecule has 3 N–H and O–H groups in total. The Kier molecular flexibility index (Phi) is 7.18. The zero-order valence-corrected chi connectivity index (χ0v) is 12.8. The molecule has 7 heteroatoms. The molecule has 0 heterocycles. The van der Waals surface area contributed by atoms with Crippen LogP contribution in [-0.4, -0.2) is 36.5 Å². The van der Waals surface area contributed by atoms with Crippen LogP contribution in [-0.2, 0) is 20.9 Å². The van der Waals surface area contributed by atoms with Gasteiger partial charge in [0.1, 0.15) is 11.9 Å². The zero-order valence-electron chi connectivity index (χ0n) is 12.0. The summed E-state index contributed by atoms with van der Waals surface area (Å²) in [5, 5.41) is 2.72. The number of ether oxygens (including phenoxy) is 1. The first kappa shape index (κ1) is 17.5. The molecule has 116 valence electrons. The number of methoxy groups -OCH3 is 1. The third kappa shape index (κ3) is 6.14. The summed E-state index contributed by atoms with van der Waals surface area (Å²) in [5.41, 5.74) is 6.92. The lowest BCUT2D eigenvalue weighted by atomic mass is 10.1. The molecular weight excluding hydrogens is 295 g/mol. The van der Waals surface area contributed by atoms with Crippen LogP contribution < -0.4 is 11.1 Å². The predicted octanol–water partition coefficient (Wildman–Crippen LogP) is 0.984. The van der Waals surface area contributed by atoms with Crippen molar-refractivity contribution in [1.82, 2.24) is 5.32 Å². The Morgan fingerprint density at radius 1 is 1.48 bits per heavy atom. The standard InChI is InChI=1S/C14H19FN2O3S/c1-9-5-10(3-4-11(9)15)6-17-13(18)8-21-7-12(16)14(19)20-2/h3-5,12H,6-8,16H2,1-2H3,(H,17,18). The molecule has 0 aromatic heterocycles. The molecule has 5 nitrogen and oxygen atoms in total. The quantitative estimate of drug-likeness (QED) is 0.733. The summed E-state index contributed by atoms with van der Waals surface area (Å²) in [6.07, 6.45) is 0. The lowest BCUT2D eigenvalue weighted by molar-refractivity contribution is -0.141. The van der Waals surface area contributed by atoms with E-state index >= 15 is 0 Å². The minimum absolute atomic E-state index is 0.168. The third-order valence-electron chi connectivity index (χ3n) is 2.75. The van der Waals surface area contributed by atoms with Gasteiger partial charge >= 0.3 is 5.97 Å². The Morgan fingerprint density at radius 2 is 2.19 bits per heavy atom. The Labute approximate surface area is 127 Å². The number of aryl methyl sites for hydroxylation is 1. The molecule has 0 bridgehead atoms. The van der Waals surface area contributed by atoms with E-state index in [-0.39, 0.29) is 17.5 Å². The van der Waals surface area contributed by atoms with Crippen LogP contribution in [0.2, 0.25) is 0 Å². The molecule has 1 aromatic carbocycles. The molecule has 1 rings (SSSR count). The molecule has 0 saturated carbocycles. The van der Waals surface area contributed by atoms with Gasteiger partial charge in [-0.2, -0.15) is 0 Å². The molecule has 0 spiro atoms. The SMILES string of the molecule is COC(=O)C(N)CSCC(=O)NCc1ccc(F)c(C)c1. The highest BCUT2D eigenvalue weighted by Gasteiger charge is 2.14. The van der Waals surface area contributed by atoms with Crippen molar-refractivity contribution in [1.29, 1.82) is 0 Å². The van der Waals surface area contributed by atoms with Crippen molar-refractivity contribution in [3.63, 3.8) is 0 Å². The van der Waals surface area contributed by atoms with E-state index < -0.39 is 12.0 Å². The number of amides is 1. The summed E-state index contributed by atoms with van der Waals surface area (Å²) in [6.45, 7) is 2.01. The lowest BCUT2D eigenvalue weighted by Gasteiger charge is -2.09. The number of halogens is 1. The van der Waals surface area contributed by atoms with Crippen molar-refractivity contribution in [2.24, 2.45) is 5.73 Å². The molecule has 1 unspecified atom stereocenters. The second-order valence-corrected chi connectivity index (χ2v) is 5.54. The van der Waals surface area contributed by atoms with Crippen LogP contribution in [0.5, 0.6) is 0 Å². The number of esters is 1. The van der Waals surface area contributed by atoms with Crippen molar-refractivity contribution in [2.45, 2.75) is 19.5 Å². The van der Waals surface area contributed by atoms with E-state index in [9.17, 15) is 14.0 Å². The molecule has 0 fully saturated rings. The predicted molar refractivity (Wildman–Crippen MR) is 80.3 cm³/mol. The smallest absolute Gasteiger partial charge is 0.323 e. The van der Waals surface area contributed by atoms with Crippen molar-refractivity contribution >= 4 is 23.6 Å². The molecule has 0 aliphatic heterocycles. The van der Waals surface area contributed by atoms with Gasteiger partial charge in [0.15, 0.2) is 0 Å². The molecule has 0 aliphatic carbocycles. The van der Waals surface area contributed by atoms with Gasteiger partial charge in [-0.1, -0.05) is 12.1 Å². The van der Waals surface area contributed by atoms with E-state index in [1.165, 1.54) is 24.9 Å². The van der Waals surface area contributed by atoms with E-state index in [4.69, 9.17) is 5.73 Å². The summed E-state index contributed by atoms with van der Waals surface area (Å²) in [6, 6.07) is 3.97. The molecule has 1 amide bonds. The number of benzene rings is 1. The van der Waals surface area contributed by atoms with E-state index in [0.717, 1.165) is 5.56 Å². The fraction of sp³-hybridized carbons (Fsp3) is 0.429. The summed E-state index contributed by atoms with van der Waals surface area (Å²) >= 11 is 1.26. The Balaban J connectivity index is 2.28. The zero-order chi connectivity index (χ0) is 15.8. The Morgan fingerprint density at radius 3 is 2.81 bits per heavy atom. The second kappa shape index (κ2) is 8.63. The first-order chi connectivity index (χ1) is 9.93. The molecule has 0 saturated heterocycles. The number of thioether (sulfide) groups is 1. The van der Waals surface area contributed by atoms with Crippen molar-refractivity contribution in [2.75, 3.05) is 18.6 Å². The number of hydrogen-bond acceptors (Lipinski definition) is 5. The minimum Gasteiger partial charge on any atom is -0.468 e. The first-order valence-corrected chi connectivity index (χ1v) is 7.52. The van der Waals surface area contributed by atoms with Gasteiger partial charge in [0.2, 0.25) is 5.91 Å². The van der Waals surface area contributed by atoms with Gasteiger partial charge < -0.3 is 15.8 Å². The third-order valence-corrected chi connectivity index (χ3v) is 3.81. The topological polar surface area (TPSA) is 81.4 Å². The van der Waals surface area contributed by atoms with Gasteiger partial charge in [-0.25, -0.2) is 4.39 Å². The number of hydrogen-bond donors (Lipinski definition) is 2. The van der Waals surface area contributed by atoms with Crippen LogP contribution in [0.25, 0.3) is 0 Å². The number of carbonyl (C=O) groups excluding carboxylic acids is 2. The monoisotopic (exact) mass is 314 g/mol. The highest BCUT2D eigenvalue weighted by molar-refractivity contribution is 8.00. The molecule has 21 heavy (non-hydrogen) atoms. The molecular formula is C14H19FN2O3S. The van der Waals surface area contributed by atoms with Crippen LogP contribution in [0.15, 0.2) is 18.2 Å². The number of nitrogens with two attached hydrogens (primary N) is 1. The van der Waals surface area contributed by atoms with E-state index in [0.29, 0.717) is 17.9 Å². The molecule has 1 atom stereocenters. The number of carbonyl (C=O) groups is 2. The lowest BCUT2D eigenvalue weighted by Crippen LogP contribution is -2.34. The van der Waals surface area contributed by atoms with Crippen LogP contribution in [0.3, 0.4) is 0 Å². The van der Waals surface area contributed by atoms with Gasteiger partial charge in [0, 0.05) is 12.3 Å². The minimum atomic E-state index is -0.729. The van der Waals surface area contributed by atoms with Gasteiger partial charge in [-0.3, -0.25) is 9.59 Å². The van der Waals surface area contributed by atoms with Crippen molar-refractivity contribution < 1.29 is 18.7 Å². The largest absolute Gasteiger partial charge is 0.468 e. The highest BCUT2D eigenvalue weighted by atomic mass is 32.2. The summed E-state index contributed by atoms with van der Waals surface area (Å²) in [4.78, 5) is 22.7. The van der Waals surface area contributed by atoms with E-state index in [2.05, 4.69) is 10.1 Å². The average molecular weight is 314 g/mol. The highest BCUT2D eigenvalue weighted by Crippen LogP contribution is 2.09. The van der Waals surface area contributed by atoms with Gasteiger partial charge in [-0.15, -0.1) is 11.8 Å². The van der Waals surface area contributed by atoms with Gasteiger partial charge in [0.25, 0.3) is 0 Å². The molecule has 0 aliphatic rings. The number of rotatable bonds is 7. The normalized spacial score (nSPS) is 11.8. The summed E-state index contributed by atoms with van der Waals surface area (Å²) < 4.78 is 17.6. The maximum Gasteiger partial charge on any atom is 0.323 e. The van der Waals surface area contributed by atoms with Crippen LogP contribution in [0.1, 0.15) is 11.1 Å². The summed E-state index contributed by atoms with van der Waals surface area (Å²) in [5.74, 6) is -0.415. The Hall–Kier alpha value is -1.60. The van der Waals surface area contributed by atoms with Gasteiger partial charge in [-0.05, 0) is 24.1 Å². The fourth-order valence-corrected chi connectivity index (χ4v) is 2.36. The first-order valence-electron chi connectivity index (χ1n) is 6.37. The van der Waals surface area contributed by atoms with Crippen molar-refractivity contribution in [3.05, 3.63) is 35.1 Å². The number of nitrogens with one attached hydrogen (secondary N) is 1. The van der Waals surface area contributed by atoms with Crippen molar-refractivity contribution in [3.8, 4) is 0 Å². The summed E-state index contributed by atoms with van der Waals surface area (Å²) in [7, 11) is 1.27. The maximum atomic E-state index is 13.1. The van der Waals surface area contributed by atoms with Crippen LogP contribution >= 0.6 is 11.8 Å². The fourth-order valence-electron chi connectivity index (χ4n) is 1.57. The van der Waals surface area contributed by atoms with Crippen LogP contribution in [0, 0.1) is 12.7 Å².